The molecular weight excluding hydrogens is 366 g/mol. The second-order valence-electron chi connectivity index (χ2n) is 6.01. The average Bonchev–Trinajstić information content (AvgIpc) is 2.77. The van der Waals surface area contributed by atoms with Crippen LogP contribution in [0.15, 0.2) is 60.7 Å². The molecule has 27 heavy (non-hydrogen) atoms. The van der Waals surface area contributed by atoms with E-state index in [-0.39, 0.29) is 11.5 Å². The molecule has 4 rings (SSSR count). The predicted octanol–water partition coefficient (Wildman–Crippen LogP) is 5.09. The van der Waals surface area contributed by atoms with E-state index in [2.05, 4.69) is 16.0 Å². The molecule has 0 saturated carbocycles. The van der Waals surface area contributed by atoms with Crippen molar-refractivity contribution in [3.05, 3.63) is 76.8 Å². The normalized spacial score (nSPS) is 12.1. The van der Waals surface area contributed by atoms with Gasteiger partial charge in [-0.1, -0.05) is 23.7 Å². The van der Waals surface area contributed by atoms with Gasteiger partial charge in [-0.2, -0.15) is 0 Å². The summed E-state index contributed by atoms with van der Waals surface area (Å²) in [5.74, 6) is -1.28. The molecule has 0 spiro atoms. The van der Waals surface area contributed by atoms with Crippen molar-refractivity contribution < 1.29 is 14.7 Å². The Morgan fingerprint density at radius 3 is 2.41 bits per heavy atom. The van der Waals surface area contributed by atoms with Crippen LogP contribution in [-0.4, -0.2) is 17.0 Å². The Kier molecular flexibility index (Phi) is 4.18. The van der Waals surface area contributed by atoms with Crippen molar-refractivity contribution in [3.63, 3.8) is 0 Å². The molecule has 0 aliphatic carbocycles. The number of hydrogen-bond donors (Lipinski definition) is 4. The molecule has 6 nitrogen and oxygen atoms in total. The second kappa shape index (κ2) is 6.66. The van der Waals surface area contributed by atoms with Crippen LogP contribution in [0.5, 0.6) is 0 Å². The number of carboxylic acids is 1. The van der Waals surface area contributed by atoms with E-state index in [4.69, 9.17) is 11.6 Å². The van der Waals surface area contributed by atoms with E-state index in [1.807, 2.05) is 24.3 Å². The summed E-state index contributed by atoms with van der Waals surface area (Å²) in [6, 6.07) is 17.1. The first-order valence-electron chi connectivity index (χ1n) is 8.12. The first-order valence-corrected chi connectivity index (χ1v) is 8.50. The largest absolute Gasteiger partial charge is 0.478 e. The molecule has 3 aromatic carbocycles. The molecule has 0 aromatic heterocycles. The zero-order valence-corrected chi connectivity index (χ0v) is 14.7. The monoisotopic (exact) mass is 379 g/mol. The van der Waals surface area contributed by atoms with Crippen molar-refractivity contribution in [3.8, 4) is 0 Å². The number of carbonyl (C=O) groups excluding carboxylic acids is 1. The van der Waals surface area contributed by atoms with Crippen LogP contribution in [0.3, 0.4) is 0 Å². The maximum atomic E-state index is 12.5. The highest BCUT2D eigenvalue weighted by Gasteiger charge is 2.19. The van der Waals surface area contributed by atoms with Crippen LogP contribution in [0.25, 0.3) is 0 Å². The first kappa shape index (κ1) is 16.9. The van der Waals surface area contributed by atoms with Gasteiger partial charge in [0.05, 0.1) is 33.9 Å². The third kappa shape index (κ3) is 3.30. The molecule has 0 bridgehead atoms. The van der Waals surface area contributed by atoms with Crippen molar-refractivity contribution in [2.75, 3.05) is 16.0 Å². The number of nitrogens with one attached hydrogen (secondary N) is 3. The minimum Gasteiger partial charge on any atom is -0.478 e. The molecule has 0 saturated heterocycles. The SMILES string of the molecule is O=C(O)c1ccc(Cl)cc1Nc1ccc2c(c1)Nc1ccccc1NC2=O. The summed E-state index contributed by atoms with van der Waals surface area (Å²) in [5, 5.41) is 19.0. The summed E-state index contributed by atoms with van der Waals surface area (Å²) < 4.78 is 0. The van der Waals surface area contributed by atoms with Crippen LogP contribution in [0.4, 0.5) is 28.4 Å². The summed E-state index contributed by atoms with van der Waals surface area (Å²) in [7, 11) is 0. The molecule has 0 atom stereocenters. The topological polar surface area (TPSA) is 90.5 Å². The molecule has 134 valence electrons. The molecule has 4 N–H and O–H groups in total. The van der Waals surface area contributed by atoms with Crippen LogP contribution in [0.2, 0.25) is 5.02 Å². The molecule has 0 radical (unpaired) electrons. The Labute approximate surface area is 159 Å². The lowest BCUT2D eigenvalue weighted by atomic mass is 10.1. The maximum absolute atomic E-state index is 12.5. The minimum absolute atomic E-state index is 0.102. The van der Waals surface area contributed by atoms with Gasteiger partial charge in [-0.05, 0) is 48.5 Å². The highest BCUT2D eigenvalue weighted by atomic mass is 35.5. The lowest BCUT2D eigenvalue weighted by Crippen LogP contribution is -2.10. The molecule has 1 aliphatic heterocycles. The quantitative estimate of drug-likeness (QED) is 0.508. The number of rotatable bonds is 3. The molecular formula is C20H14ClN3O3. The lowest BCUT2D eigenvalue weighted by molar-refractivity contribution is 0.0697. The van der Waals surface area contributed by atoms with E-state index >= 15 is 0 Å². The molecule has 0 fully saturated rings. The van der Waals surface area contributed by atoms with Crippen molar-refractivity contribution in [2.24, 2.45) is 0 Å². The molecule has 3 aromatic rings. The number of amides is 1. The molecule has 0 unspecified atom stereocenters. The Hall–Kier alpha value is -3.51. The average molecular weight is 380 g/mol. The van der Waals surface area contributed by atoms with Gasteiger partial charge in [0.25, 0.3) is 5.91 Å². The number of halogens is 1. The highest BCUT2D eigenvalue weighted by Crippen LogP contribution is 2.34. The zero-order chi connectivity index (χ0) is 19.0. The predicted molar refractivity (Wildman–Crippen MR) is 106 cm³/mol. The van der Waals surface area contributed by atoms with E-state index < -0.39 is 5.97 Å². The van der Waals surface area contributed by atoms with E-state index in [9.17, 15) is 14.7 Å². The van der Waals surface area contributed by atoms with Gasteiger partial charge in [0.15, 0.2) is 0 Å². The van der Waals surface area contributed by atoms with Crippen LogP contribution < -0.4 is 16.0 Å². The van der Waals surface area contributed by atoms with Crippen LogP contribution in [0.1, 0.15) is 20.7 Å². The Balaban J connectivity index is 1.73. The fraction of sp³-hybridized carbons (Fsp3) is 0. The van der Waals surface area contributed by atoms with Gasteiger partial charge in [-0.15, -0.1) is 0 Å². The van der Waals surface area contributed by atoms with Gasteiger partial charge in [0.1, 0.15) is 0 Å². The number of carbonyl (C=O) groups is 2. The summed E-state index contributed by atoms with van der Waals surface area (Å²) in [6.07, 6.45) is 0. The number of hydrogen-bond acceptors (Lipinski definition) is 4. The van der Waals surface area contributed by atoms with Gasteiger partial charge < -0.3 is 21.1 Å². The smallest absolute Gasteiger partial charge is 0.337 e. The fourth-order valence-corrected chi connectivity index (χ4v) is 3.09. The van der Waals surface area contributed by atoms with Gasteiger partial charge >= 0.3 is 5.97 Å². The number of anilines is 5. The van der Waals surface area contributed by atoms with Gasteiger partial charge in [0.2, 0.25) is 0 Å². The lowest BCUT2D eigenvalue weighted by Gasteiger charge is -2.13. The number of carboxylic acid groups (broad SMARTS) is 1. The maximum Gasteiger partial charge on any atom is 0.337 e. The van der Waals surface area contributed by atoms with Crippen LogP contribution in [-0.2, 0) is 0 Å². The summed E-state index contributed by atoms with van der Waals surface area (Å²) >= 11 is 6.00. The van der Waals surface area contributed by atoms with E-state index in [0.29, 0.717) is 33.3 Å². The van der Waals surface area contributed by atoms with E-state index in [1.165, 1.54) is 12.1 Å². The van der Waals surface area contributed by atoms with Crippen LogP contribution in [0, 0.1) is 0 Å². The number of aromatic carboxylic acids is 1. The van der Waals surface area contributed by atoms with E-state index in [0.717, 1.165) is 5.69 Å². The first-order chi connectivity index (χ1) is 13.0. The minimum atomic E-state index is -1.06. The molecule has 1 amide bonds. The Morgan fingerprint density at radius 2 is 1.67 bits per heavy atom. The Bertz CT molecular complexity index is 1080. The third-order valence-corrected chi connectivity index (χ3v) is 4.43. The number of para-hydroxylation sites is 2. The van der Waals surface area contributed by atoms with Crippen molar-refractivity contribution >= 4 is 51.9 Å². The zero-order valence-electron chi connectivity index (χ0n) is 13.9. The molecule has 1 heterocycles. The number of benzene rings is 3. The van der Waals surface area contributed by atoms with E-state index in [1.54, 1.807) is 24.3 Å². The number of fused-ring (bicyclic) bond motifs is 2. The third-order valence-electron chi connectivity index (χ3n) is 4.20. The van der Waals surface area contributed by atoms with Crippen molar-refractivity contribution in [1.29, 1.82) is 0 Å². The van der Waals surface area contributed by atoms with Crippen molar-refractivity contribution in [1.82, 2.24) is 0 Å². The summed E-state index contributed by atoms with van der Waals surface area (Å²) in [5.41, 5.74) is 3.66. The van der Waals surface area contributed by atoms with Crippen LogP contribution >= 0.6 is 11.6 Å². The molecule has 1 aliphatic rings. The highest BCUT2D eigenvalue weighted by molar-refractivity contribution is 6.31. The van der Waals surface area contributed by atoms with Gasteiger partial charge in [0, 0.05) is 10.7 Å². The van der Waals surface area contributed by atoms with Crippen molar-refractivity contribution in [2.45, 2.75) is 0 Å². The van der Waals surface area contributed by atoms with Gasteiger partial charge in [-0.3, -0.25) is 4.79 Å². The molecule has 7 heteroatoms. The fourth-order valence-electron chi connectivity index (χ4n) is 2.92. The Morgan fingerprint density at radius 1 is 0.926 bits per heavy atom. The van der Waals surface area contributed by atoms with Gasteiger partial charge in [-0.25, -0.2) is 4.79 Å². The summed E-state index contributed by atoms with van der Waals surface area (Å²) in [4.78, 5) is 23.9. The summed E-state index contributed by atoms with van der Waals surface area (Å²) in [6.45, 7) is 0. The second-order valence-corrected chi connectivity index (χ2v) is 6.44. The standard InChI is InChI=1S/C20H14ClN3O3/c21-11-5-7-14(20(26)27)17(9-11)22-12-6-8-13-18(10-12)23-15-3-1-2-4-16(15)24-19(13)25/h1-10,22-23H,(H,24,25)(H,26,27).